The van der Waals surface area contributed by atoms with Crippen LogP contribution in [-0.2, 0) is 6.54 Å². The minimum Gasteiger partial charge on any atom is -0.478 e. The number of halogens is 2. The number of amides is 1. The molecular formula is C19H14F2N2O3S. The Morgan fingerprint density at radius 2 is 1.74 bits per heavy atom. The van der Waals surface area contributed by atoms with Crippen molar-refractivity contribution in [2.75, 3.05) is 0 Å². The van der Waals surface area contributed by atoms with Crippen molar-refractivity contribution in [1.29, 1.82) is 0 Å². The third-order valence-corrected chi connectivity index (χ3v) is 5.01. The van der Waals surface area contributed by atoms with E-state index in [-0.39, 0.29) is 27.6 Å². The predicted octanol–water partition coefficient (Wildman–Crippen LogP) is 4.02. The molecule has 27 heavy (non-hydrogen) atoms. The Morgan fingerprint density at radius 1 is 1.11 bits per heavy atom. The highest BCUT2D eigenvalue weighted by atomic mass is 32.1. The molecule has 1 heterocycles. The van der Waals surface area contributed by atoms with Crippen LogP contribution >= 0.6 is 11.3 Å². The van der Waals surface area contributed by atoms with Crippen LogP contribution in [0, 0.1) is 18.6 Å². The van der Waals surface area contributed by atoms with Crippen molar-refractivity contribution in [3.05, 3.63) is 75.8 Å². The van der Waals surface area contributed by atoms with E-state index in [9.17, 15) is 18.4 Å². The van der Waals surface area contributed by atoms with Crippen LogP contribution in [0.1, 0.15) is 31.3 Å². The quantitative estimate of drug-likeness (QED) is 0.692. The largest absolute Gasteiger partial charge is 0.478 e. The molecular weight excluding hydrogens is 374 g/mol. The molecule has 0 aliphatic carbocycles. The van der Waals surface area contributed by atoms with Gasteiger partial charge in [0.1, 0.15) is 21.5 Å². The summed E-state index contributed by atoms with van der Waals surface area (Å²) in [5.41, 5.74) is 0.987. The monoisotopic (exact) mass is 388 g/mol. The van der Waals surface area contributed by atoms with Crippen LogP contribution in [0.3, 0.4) is 0 Å². The Hall–Kier alpha value is -3.13. The van der Waals surface area contributed by atoms with Gasteiger partial charge < -0.3 is 10.4 Å². The molecule has 0 atom stereocenters. The van der Waals surface area contributed by atoms with Crippen molar-refractivity contribution < 1.29 is 23.5 Å². The molecule has 0 aliphatic rings. The Bertz CT molecular complexity index is 996. The number of hydrogen-bond donors (Lipinski definition) is 2. The van der Waals surface area contributed by atoms with Crippen molar-refractivity contribution in [1.82, 2.24) is 10.3 Å². The third-order valence-electron chi connectivity index (χ3n) is 3.83. The van der Waals surface area contributed by atoms with Gasteiger partial charge in [-0.3, -0.25) is 4.79 Å². The average molecular weight is 388 g/mol. The summed E-state index contributed by atoms with van der Waals surface area (Å²) in [6.07, 6.45) is 0. The number of aromatic nitrogens is 1. The molecule has 0 unspecified atom stereocenters. The fraction of sp³-hybridized carbons (Fsp3) is 0.105. The van der Waals surface area contributed by atoms with E-state index < -0.39 is 23.5 Å². The molecule has 0 spiro atoms. The molecule has 5 nitrogen and oxygen atoms in total. The summed E-state index contributed by atoms with van der Waals surface area (Å²) in [5.74, 6) is -2.93. The molecule has 1 aromatic heterocycles. The summed E-state index contributed by atoms with van der Waals surface area (Å²) in [6, 6.07) is 9.62. The van der Waals surface area contributed by atoms with Gasteiger partial charge in [-0.15, -0.1) is 11.3 Å². The Kier molecular flexibility index (Phi) is 5.27. The van der Waals surface area contributed by atoms with Gasteiger partial charge >= 0.3 is 5.97 Å². The maximum Gasteiger partial charge on any atom is 0.335 e. The van der Waals surface area contributed by atoms with E-state index in [0.717, 1.165) is 29.0 Å². The summed E-state index contributed by atoms with van der Waals surface area (Å²) in [4.78, 5) is 27.6. The van der Waals surface area contributed by atoms with E-state index in [0.29, 0.717) is 5.69 Å². The second kappa shape index (κ2) is 7.63. The normalized spacial score (nSPS) is 10.6. The summed E-state index contributed by atoms with van der Waals surface area (Å²) in [5, 5.41) is 11.7. The molecule has 138 valence electrons. The van der Waals surface area contributed by atoms with Crippen molar-refractivity contribution >= 4 is 23.2 Å². The number of nitrogens with zero attached hydrogens (tertiary/aromatic N) is 1. The Balaban J connectivity index is 1.76. The first-order valence-electron chi connectivity index (χ1n) is 7.89. The molecule has 1 amide bonds. The van der Waals surface area contributed by atoms with Crippen LogP contribution in [0.15, 0.2) is 42.5 Å². The minimum absolute atomic E-state index is 0.0964. The summed E-state index contributed by atoms with van der Waals surface area (Å²) >= 11 is 0.910. The fourth-order valence-electron chi connectivity index (χ4n) is 2.44. The van der Waals surface area contributed by atoms with Crippen LogP contribution in [0.2, 0.25) is 0 Å². The molecule has 0 fully saturated rings. The first-order valence-corrected chi connectivity index (χ1v) is 8.70. The van der Waals surface area contributed by atoms with Gasteiger partial charge in [-0.25, -0.2) is 18.6 Å². The lowest BCUT2D eigenvalue weighted by atomic mass is 10.1. The number of carbonyl (C=O) groups is 2. The van der Waals surface area contributed by atoms with E-state index in [1.807, 2.05) is 0 Å². The smallest absolute Gasteiger partial charge is 0.335 e. The third kappa shape index (κ3) is 4.01. The molecule has 0 bridgehead atoms. The lowest BCUT2D eigenvalue weighted by Gasteiger charge is -2.05. The summed E-state index contributed by atoms with van der Waals surface area (Å²) < 4.78 is 27.8. The van der Waals surface area contributed by atoms with Crippen LogP contribution < -0.4 is 5.32 Å². The highest BCUT2D eigenvalue weighted by Gasteiger charge is 2.20. The minimum atomic E-state index is -1.03. The standard InChI is InChI=1S/C19H14F2N2O3S/c1-10-16(27-18(23-10)15-13(20)3-2-4-14(15)21)17(24)22-9-11-5-7-12(8-6-11)19(25)26/h2-8H,9H2,1H3,(H,22,24)(H,25,26). The van der Waals surface area contributed by atoms with Crippen molar-refractivity contribution in [3.63, 3.8) is 0 Å². The summed E-state index contributed by atoms with van der Waals surface area (Å²) in [6.45, 7) is 1.77. The van der Waals surface area contributed by atoms with Crippen LogP contribution in [0.4, 0.5) is 8.78 Å². The topological polar surface area (TPSA) is 79.3 Å². The molecule has 0 aliphatic heterocycles. The van der Waals surface area contributed by atoms with E-state index in [1.54, 1.807) is 19.1 Å². The first kappa shape index (κ1) is 18.7. The highest BCUT2D eigenvalue weighted by molar-refractivity contribution is 7.17. The predicted molar refractivity (Wildman–Crippen MR) is 96.8 cm³/mol. The van der Waals surface area contributed by atoms with Gasteiger partial charge in [0.2, 0.25) is 0 Å². The van der Waals surface area contributed by atoms with Gasteiger partial charge in [0.15, 0.2) is 0 Å². The molecule has 3 rings (SSSR count). The SMILES string of the molecule is Cc1nc(-c2c(F)cccc2F)sc1C(=O)NCc1ccc(C(=O)O)cc1. The Morgan fingerprint density at radius 3 is 2.33 bits per heavy atom. The molecule has 0 saturated carbocycles. The molecule has 2 N–H and O–H groups in total. The molecule has 3 aromatic rings. The van der Waals surface area contributed by atoms with Crippen LogP contribution in [0.5, 0.6) is 0 Å². The second-order valence-electron chi connectivity index (χ2n) is 5.71. The van der Waals surface area contributed by atoms with Gasteiger partial charge in [-0.05, 0) is 36.8 Å². The van der Waals surface area contributed by atoms with E-state index in [2.05, 4.69) is 10.3 Å². The van der Waals surface area contributed by atoms with Crippen molar-refractivity contribution in [3.8, 4) is 10.6 Å². The van der Waals surface area contributed by atoms with Crippen molar-refractivity contribution in [2.24, 2.45) is 0 Å². The maximum absolute atomic E-state index is 13.9. The Labute approximate surface area is 157 Å². The summed E-state index contributed by atoms with van der Waals surface area (Å²) in [7, 11) is 0. The van der Waals surface area contributed by atoms with Crippen molar-refractivity contribution in [2.45, 2.75) is 13.5 Å². The number of aryl methyl sites for hydroxylation is 1. The number of carbonyl (C=O) groups excluding carboxylic acids is 1. The van der Waals surface area contributed by atoms with Gasteiger partial charge in [0.25, 0.3) is 5.91 Å². The molecule has 2 aromatic carbocycles. The van der Waals surface area contributed by atoms with Gasteiger partial charge in [-0.1, -0.05) is 18.2 Å². The molecule has 0 radical (unpaired) electrons. The second-order valence-corrected chi connectivity index (χ2v) is 6.71. The maximum atomic E-state index is 13.9. The van der Waals surface area contributed by atoms with Gasteiger partial charge in [0.05, 0.1) is 16.8 Å². The van der Waals surface area contributed by atoms with E-state index >= 15 is 0 Å². The number of rotatable bonds is 5. The molecule has 0 saturated heterocycles. The fourth-order valence-corrected chi connectivity index (χ4v) is 3.48. The van der Waals surface area contributed by atoms with E-state index in [4.69, 9.17) is 5.11 Å². The molecule has 8 heteroatoms. The zero-order valence-electron chi connectivity index (χ0n) is 14.1. The number of thiazole rings is 1. The first-order chi connectivity index (χ1) is 12.9. The zero-order valence-corrected chi connectivity index (χ0v) is 14.9. The number of hydrogen-bond acceptors (Lipinski definition) is 4. The number of nitrogens with one attached hydrogen (secondary N) is 1. The number of benzene rings is 2. The average Bonchev–Trinajstić information content (AvgIpc) is 3.01. The number of carboxylic acids is 1. The van der Waals surface area contributed by atoms with Crippen LogP contribution in [-0.4, -0.2) is 22.0 Å². The van der Waals surface area contributed by atoms with Crippen LogP contribution in [0.25, 0.3) is 10.6 Å². The lowest BCUT2D eigenvalue weighted by molar-refractivity contribution is 0.0696. The number of aromatic carboxylic acids is 1. The number of carboxylic acid groups (broad SMARTS) is 1. The van der Waals surface area contributed by atoms with Gasteiger partial charge in [-0.2, -0.15) is 0 Å². The zero-order chi connectivity index (χ0) is 19.6. The lowest BCUT2D eigenvalue weighted by Crippen LogP contribution is -2.22. The van der Waals surface area contributed by atoms with Gasteiger partial charge in [0, 0.05) is 6.54 Å². The van der Waals surface area contributed by atoms with E-state index in [1.165, 1.54) is 18.2 Å². The highest BCUT2D eigenvalue weighted by Crippen LogP contribution is 2.31.